The molecule has 6 amide bonds. The van der Waals surface area contributed by atoms with Gasteiger partial charge in [0.1, 0.15) is 36.3 Å². The number of fused-ring (bicyclic) bond motifs is 1. The van der Waals surface area contributed by atoms with Crippen molar-refractivity contribution < 1.29 is 38.7 Å². The quantitative estimate of drug-likeness (QED) is 0.129. The predicted molar refractivity (Wildman–Crippen MR) is 199 cm³/mol. The largest absolute Gasteiger partial charge is 0.481 e. The lowest BCUT2D eigenvalue weighted by Gasteiger charge is -2.29. The summed E-state index contributed by atoms with van der Waals surface area (Å²) >= 11 is 0. The van der Waals surface area contributed by atoms with E-state index in [1.54, 1.807) is 49.5 Å². The summed E-state index contributed by atoms with van der Waals surface area (Å²) in [6, 6.07) is 8.16. The second-order valence-electron chi connectivity index (χ2n) is 13.9. The number of aromatic amines is 1. The van der Waals surface area contributed by atoms with Gasteiger partial charge < -0.3 is 47.7 Å². The van der Waals surface area contributed by atoms with Crippen molar-refractivity contribution >= 4 is 52.3 Å². The Kier molecular flexibility index (Phi) is 14.7. The van der Waals surface area contributed by atoms with Gasteiger partial charge in [-0.3, -0.25) is 33.6 Å². The van der Waals surface area contributed by atoms with Crippen LogP contribution in [0.4, 0.5) is 0 Å². The van der Waals surface area contributed by atoms with Crippen LogP contribution in [0.25, 0.3) is 10.9 Å². The number of benzene rings is 2. The van der Waals surface area contributed by atoms with Gasteiger partial charge >= 0.3 is 5.97 Å². The van der Waals surface area contributed by atoms with Crippen molar-refractivity contribution in [3.05, 3.63) is 71.9 Å². The highest BCUT2D eigenvalue weighted by atomic mass is 16.4. The topological polar surface area (TPSA) is 254 Å². The van der Waals surface area contributed by atoms with Crippen molar-refractivity contribution in [3.8, 4) is 0 Å². The highest BCUT2D eigenvalue weighted by molar-refractivity contribution is 5.99. The van der Waals surface area contributed by atoms with Crippen LogP contribution in [0.5, 0.6) is 0 Å². The van der Waals surface area contributed by atoms with E-state index >= 15 is 0 Å². The molecule has 1 aromatic heterocycles. The van der Waals surface area contributed by atoms with E-state index in [4.69, 9.17) is 5.73 Å². The number of carboxylic acids is 1. The van der Waals surface area contributed by atoms with Crippen molar-refractivity contribution in [2.45, 2.75) is 95.5 Å². The number of para-hydroxylation sites is 1. The van der Waals surface area contributed by atoms with Crippen molar-refractivity contribution in [1.82, 2.24) is 36.9 Å². The predicted octanol–water partition coefficient (Wildman–Crippen LogP) is 0.155. The number of H-pyrrole nitrogens is 1. The average molecular weight is 747 g/mol. The number of carboxylic acid groups (broad SMARTS) is 1. The molecule has 0 unspecified atom stereocenters. The lowest BCUT2D eigenvalue weighted by atomic mass is 10.0. The fraction of sp³-hybridized carbons (Fsp3) is 0.447. The molecular formula is C38H50N8O8. The molecule has 16 nitrogen and oxygen atoms in total. The van der Waals surface area contributed by atoms with Gasteiger partial charge in [0.2, 0.25) is 35.4 Å². The van der Waals surface area contributed by atoms with Gasteiger partial charge in [-0.15, -0.1) is 0 Å². The molecule has 0 saturated carbocycles. The normalized spacial score (nSPS) is 23.6. The van der Waals surface area contributed by atoms with Gasteiger partial charge in [0.05, 0.1) is 6.42 Å². The second kappa shape index (κ2) is 19.3. The summed E-state index contributed by atoms with van der Waals surface area (Å²) in [6.45, 7) is 5.10. The summed E-state index contributed by atoms with van der Waals surface area (Å²) < 4.78 is 0. The summed E-state index contributed by atoms with van der Waals surface area (Å²) in [7, 11) is 0. The van der Waals surface area contributed by atoms with Crippen LogP contribution in [0.15, 0.2) is 60.8 Å². The van der Waals surface area contributed by atoms with Crippen molar-refractivity contribution in [2.24, 2.45) is 11.7 Å². The molecule has 1 aliphatic heterocycles. The molecule has 1 saturated heterocycles. The minimum atomic E-state index is -1.65. The average Bonchev–Trinajstić information content (AvgIpc) is 3.54. The van der Waals surface area contributed by atoms with E-state index in [1.165, 1.54) is 0 Å². The first-order chi connectivity index (χ1) is 25.8. The van der Waals surface area contributed by atoms with Crippen LogP contribution in [0.3, 0.4) is 0 Å². The molecule has 1 fully saturated rings. The van der Waals surface area contributed by atoms with Gasteiger partial charge in [0.15, 0.2) is 0 Å². The van der Waals surface area contributed by atoms with Crippen molar-refractivity contribution in [1.29, 1.82) is 0 Å². The molecule has 0 aliphatic carbocycles. The monoisotopic (exact) mass is 746 g/mol. The number of hydrogen-bond acceptors (Lipinski definition) is 8. The zero-order valence-electron chi connectivity index (χ0n) is 30.6. The summed E-state index contributed by atoms with van der Waals surface area (Å²) in [4.78, 5) is 98.0. The zero-order valence-corrected chi connectivity index (χ0v) is 30.6. The van der Waals surface area contributed by atoms with E-state index in [0.717, 1.165) is 10.9 Å². The fourth-order valence-corrected chi connectivity index (χ4v) is 6.30. The van der Waals surface area contributed by atoms with Gasteiger partial charge in [-0.2, -0.15) is 0 Å². The first-order valence-corrected chi connectivity index (χ1v) is 18.1. The number of rotatable bonds is 11. The Labute approximate surface area is 313 Å². The van der Waals surface area contributed by atoms with E-state index < -0.39 is 84.1 Å². The standard InChI is InChI=1S/C38H50N8O8/c1-4-10-26-33(49)45-30(18-32(47)48)37(53)44-29(17-23-20-40-25-14-9-8-13-24(23)25)36(52)43-28(16-22-11-6-5-7-12-22)35(51)46-31(19-39)38(54)42-27(15-21(2)3)34(50)41-26/h5-9,11-14,20-21,26-31,40H,4,10,15-19,39H2,1-3H3,(H,41,50)(H,42,54)(H,43,52)(H,44,53)(H,45,49)(H,46,51)(H,47,48)/t26-,27-,28-,29-,30-,31-/m0/s1. The summed E-state index contributed by atoms with van der Waals surface area (Å²) in [6.07, 6.45) is 1.45. The van der Waals surface area contributed by atoms with E-state index in [-0.39, 0.29) is 38.1 Å². The minimum Gasteiger partial charge on any atom is -0.481 e. The summed E-state index contributed by atoms with van der Waals surface area (Å²) in [5.74, 6) is -6.26. The number of carbonyl (C=O) groups is 7. The number of aliphatic carboxylic acids is 1. The van der Waals surface area contributed by atoms with Crippen LogP contribution in [0, 0.1) is 5.92 Å². The molecule has 2 heterocycles. The molecule has 0 spiro atoms. The molecule has 16 heteroatoms. The molecule has 4 rings (SSSR count). The molecule has 0 bridgehead atoms. The first kappa shape index (κ1) is 41.0. The Morgan fingerprint density at radius 1 is 0.667 bits per heavy atom. The third-order valence-corrected chi connectivity index (χ3v) is 9.08. The highest BCUT2D eigenvalue weighted by Gasteiger charge is 2.35. The lowest BCUT2D eigenvalue weighted by Crippen LogP contribution is -2.63. The SMILES string of the molecule is CCC[C@@H]1NC(=O)[C@H](CC(C)C)NC(=O)[C@H](CN)NC(=O)[C@H](Cc2ccccc2)NC(=O)[C@H](Cc2c[nH]c3ccccc23)NC(=O)[C@H](CC(=O)O)NC1=O. The van der Waals surface area contributed by atoms with E-state index in [2.05, 4.69) is 36.9 Å². The molecular weight excluding hydrogens is 696 g/mol. The number of nitrogens with one attached hydrogen (secondary N) is 7. The Morgan fingerprint density at radius 2 is 1.17 bits per heavy atom. The molecule has 3 aromatic rings. The Hall–Kier alpha value is -5.77. The number of hydrogen-bond donors (Lipinski definition) is 9. The van der Waals surface area contributed by atoms with E-state index in [0.29, 0.717) is 17.5 Å². The van der Waals surface area contributed by atoms with E-state index in [1.807, 2.05) is 32.0 Å². The van der Waals surface area contributed by atoms with Crippen LogP contribution in [0.2, 0.25) is 0 Å². The number of nitrogens with two attached hydrogens (primary N) is 1. The van der Waals surface area contributed by atoms with Crippen molar-refractivity contribution in [2.75, 3.05) is 6.54 Å². The second-order valence-corrected chi connectivity index (χ2v) is 13.9. The molecule has 6 atom stereocenters. The molecule has 1 aliphatic rings. The third-order valence-electron chi connectivity index (χ3n) is 9.08. The Morgan fingerprint density at radius 3 is 1.80 bits per heavy atom. The van der Waals surface area contributed by atoms with Crippen LogP contribution in [0.1, 0.15) is 57.6 Å². The smallest absolute Gasteiger partial charge is 0.305 e. The maximum atomic E-state index is 14.2. The molecule has 54 heavy (non-hydrogen) atoms. The van der Waals surface area contributed by atoms with Gasteiger partial charge in [-0.25, -0.2) is 0 Å². The van der Waals surface area contributed by atoms with Crippen molar-refractivity contribution in [3.63, 3.8) is 0 Å². The van der Waals surface area contributed by atoms with E-state index in [9.17, 15) is 38.7 Å². The van der Waals surface area contributed by atoms with Crippen LogP contribution >= 0.6 is 0 Å². The number of amides is 6. The minimum absolute atomic E-state index is 0.0139. The van der Waals surface area contributed by atoms with Crippen LogP contribution < -0.4 is 37.6 Å². The highest BCUT2D eigenvalue weighted by Crippen LogP contribution is 2.20. The van der Waals surface area contributed by atoms with Crippen LogP contribution in [-0.2, 0) is 46.4 Å². The third kappa shape index (κ3) is 11.4. The maximum absolute atomic E-state index is 14.2. The number of aromatic nitrogens is 1. The molecule has 2 aromatic carbocycles. The summed E-state index contributed by atoms with van der Waals surface area (Å²) in [5.41, 5.74) is 8.03. The molecule has 0 radical (unpaired) electrons. The van der Waals surface area contributed by atoms with Gasteiger partial charge in [0, 0.05) is 36.5 Å². The lowest BCUT2D eigenvalue weighted by molar-refractivity contribution is -0.141. The molecule has 290 valence electrons. The zero-order chi connectivity index (χ0) is 39.4. The molecule has 10 N–H and O–H groups in total. The number of carbonyl (C=O) groups excluding carboxylic acids is 6. The fourth-order valence-electron chi connectivity index (χ4n) is 6.30. The van der Waals surface area contributed by atoms with Gasteiger partial charge in [0.25, 0.3) is 0 Å². The van der Waals surface area contributed by atoms with Gasteiger partial charge in [-0.05, 0) is 36.0 Å². The summed E-state index contributed by atoms with van der Waals surface area (Å²) in [5, 5.41) is 26.2. The van der Waals surface area contributed by atoms with Crippen LogP contribution in [-0.4, -0.2) is 94.3 Å². The van der Waals surface area contributed by atoms with Gasteiger partial charge in [-0.1, -0.05) is 75.7 Å². The Bertz CT molecular complexity index is 1810. The maximum Gasteiger partial charge on any atom is 0.305 e. The Balaban J connectivity index is 1.79. The first-order valence-electron chi connectivity index (χ1n) is 18.1.